The van der Waals surface area contributed by atoms with E-state index in [0.717, 1.165) is 19.9 Å². The molecule has 35 heavy (non-hydrogen) atoms. The second-order valence-electron chi connectivity index (χ2n) is 7.94. The number of nitrogens with zero attached hydrogens (tertiary/aromatic N) is 1. The minimum Gasteiger partial charge on any atom is -0.495 e. The van der Waals surface area contributed by atoms with Crippen LogP contribution in [0.15, 0.2) is 76.1 Å². The van der Waals surface area contributed by atoms with Crippen LogP contribution in [-0.4, -0.2) is 34.6 Å². The third-order valence-corrected chi connectivity index (χ3v) is 7.62. The number of carbonyl (C=O) groups excluding carboxylic acids is 1. The van der Waals surface area contributed by atoms with Gasteiger partial charge in [-0.15, -0.1) is 0 Å². The summed E-state index contributed by atoms with van der Waals surface area (Å²) in [4.78, 5) is 13.1. The Morgan fingerprint density at radius 3 is 2.43 bits per heavy atom. The summed E-state index contributed by atoms with van der Waals surface area (Å²) in [5.74, 6) is 0.366. The highest BCUT2D eigenvalue weighted by atomic mass is 79.9. The minimum atomic E-state index is -4.15. The largest absolute Gasteiger partial charge is 0.495 e. The van der Waals surface area contributed by atoms with Crippen LogP contribution in [0.1, 0.15) is 31.0 Å². The normalized spacial score (nSPS) is 12.0. The maximum Gasteiger partial charge on any atom is 0.268 e. The van der Waals surface area contributed by atoms with Crippen LogP contribution in [0.3, 0.4) is 0 Å². The summed E-state index contributed by atoms with van der Waals surface area (Å²) in [7, 11) is -2.73. The Hall–Kier alpha value is -3.04. The number of sulfonamides is 1. The van der Waals surface area contributed by atoms with Gasteiger partial charge in [0.25, 0.3) is 10.0 Å². The van der Waals surface area contributed by atoms with E-state index in [9.17, 15) is 13.2 Å². The van der Waals surface area contributed by atoms with Crippen LogP contribution in [0.4, 0.5) is 5.69 Å². The van der Waals surface area contributed by atoms with Gasteiger partial charge in [-0.3, -0.25) is 9.10 Å². The van der Waals surface area contributed by atoms with Gasteiger partial charge in [0.05, 0.1) is 25.4 Å². The molecule has 3 aromatic carbocycles. The third kappa shape index (κ3) is 6.55. The van der Waals surface area contributed by atoms with Gasteiger partial charge in [0.1, 0.15) is 22.9 Å². The number of aryl methyl sites for hydroxylation is 1. The number of hydrogen-bond acceptors (Lipinski definition) is 5. The summed E-state index contributed by atoms with van der Waals surface area (Å²) in [5, 5.41) is 2.90. The summed E-state index contributed by atoms with van der Waals surface area (Å²) < 4.78 is 40.5. The standard InChI is InChI=1S/C26H29BrN2O5S/c1-5-34-23-12-10-22(11-13-23)29(35(31,32)25-15-18(2)9-14-24(25)33-4)17-26(30)28-19(3)20-7-6-8-21(27)16-20/h6-16,19H,5,17H2,1-4H3,(H,28,30)/t19-/m0/s1. The Kier molecular flexibility index (Phi) is 8.80. The molecule has 0 saturated heterocycles. The second-order valence-corrected chi connectivity index (χ2v) is 10.7. The molecular weight excluding hydrogens is 532 g/mol. The van der Waals surface area contributed by atoms with Gasteiger partial charge in [-0.25, -0.2) is 8.42 Å². The van der Waals surface area contributed by atoms with Gasteiger partial charge in [0.15, 0.2) is 0 Å². The maximum atomic E-state index is 13.8. The summed E-state index contributed by atoms with van der Waals surface area (Å²) >= 11 is 3.43. The Balaban J connectivity index is 1.97. The Bertz CT molecular complexity index is 1280. The number of nitrogens with one attached hydrogen (secondary N) is 1. The lowest BCUT2D eigenvalue weighted by Gasteiger charge is -2.26. The molecule has 0 radical (unpaired) electrons. The molecule has 0 aliphatic rings. The first kappa shape index (κ1) is 26.6. The Morgan fingerprint density at radius 2 is 1.80 bits per heavy atom. The number of ether oxygens (including phenoxy) is 2. The van der Waals surface area contributed by atoms with Gasteiger partial charge in [-0.1, -0.05) is 34.1 Å². The lowest BCUT2D eigenvalue weighted by molar-refractivity contribution is -0.120. The molecular formula is C26H29BrN2O5S. The van der Waals surface area contributed by atoms with E-state index in [1.165, 1.54) is 13.2 Å². The van der Waals surface area contributed by atoms with Crippen molar-refractivity contribution in [2.45, 2.75) is 31.7 Å². The Labute approximate surface area is 215 Å². The zero-order chi connectivity index (χ0) is 25.6. The van der Waals surface area contributed by atoms with Gasteiger partial charge < -0.3 is 14.8 Å². The number of rotatable bonds is 10. The van der Waals surface area contributed by atoms with Gasteiger partial charge in [-0.05, 0) is 80.4 Å². The van der Waals surface area contributed by atoms with Gasteiger partial charge in [-0.2, -0.15) is 0 Å². The first-order chi connectivity index (χ1) is 16.6. The van der Waals surface area contributed by atoms with Crippen molar-refractivity contribution in [2.24, 2.45) is 0 Å². The maximum absolute atomic E-state index is 13.8. The molecule has 0 bridgehead atoms. The monoisotopic (exact) mass is 560 g/mol. The molecule has 0 aromatic heterocycles. The summed E-state index contributed by atoms with van der Waals surface area (Å²) in [6, 6.07) is 18.8. The molecule has 1 atom stereocenters. The first-order valence-electron chi connectivity index (χ1n) is 11.1. The molecule has 0 heterocycles. The van der Waals surface area contributed by atoms with Crippen molar-refractivity contribution in [3.8, 4) is 11.5 Å². The molecule has 9 heteroatoms. The van der Waals surface area contributed by atoms with Crippen LogP contribution in [0.25, 0.3) is 0 Å². The van der Waals surface area contributed by atoms with Crippen molar-refractivity contribution in [2.75, 3.05) is 24.6 Å². The minimum absolute atomic E-state index is 0.0123. The average Bonchev–Trinajstić information content (AvgIpc) is 2.83. The predicted octanol–water partition coefficient (Wildman–Crippen LogP) is 5.24. The molecule has 0 unspecified atom stereocenters. The van der Waals surface area contributed by atoms with Crippen molar-refractivity contribution in [1.29, 1.82) is 0 Å². The fourth-order valence-electron chi connectivity index (χ4n) is 3.57. The number of carbonyl (C=O) groups is 1. The third-order valence-electron chi connectivity index (χ3n) is 5.34. The number of halogens is 1. The molecule has 3 aromatic rings. The second kappa shape index (κ2) is 11.6. The molecule has 0 saturated carbocycles. The molecule has 3 rings (SSSR count). The van der Waals surface area contributed by atoms with E-state index < -0.39 is 22.5 Å². The van der Waals surface area contributed by atoms with E-state index in [-0.39, 0.29) is 16.7 Å². The number of amides is 1. The van der Waals surface area contributed by atoms with E-state index >= 15 is 0 Å². The summed E-state index contributed by atoms with van der Waals surface area (Å²) in [6.45, 7) is 5.58. The van der Waals surface area contributed by atoms with Crippen LogP contribution in [-0.2, 0) is 14.8 Å². The fraction of sp³-hybridized carbons (Fsp3) is 0.269. The Morgan fingerprint density at radius 1 is 1.09 bits per heavy atom. The van der Waals surface area contributed by atoms with E-state index in [1.807, 2.05) is 38.1 Å². The lowest BCUT2D eigenvalue weighted by Crippen LogP contribution is -2.41. The van der Waals surface area contributed by atoms with Gasteiger partial charge in [0, 0.05) is 4.47 Å². The molecule has 0 fully saturated rings. The quantitative estimate of drug-likeness (QED) is 0.366. The number of anilines is 1. The number of methoxy groups -OCH3 is 1. The van der Waals surface area contributed by atoms with E-state index in [4.69, 9.17) is 9.47 Å². The van der Waals surface area contributed by atoms with E-state index in [0.29, 0.717) is 18.0 Å². The topological polar surface area (TPSA) is 84.9 Å². The summed E-state index contributed by atoms with van der Waals surface area (Å²) in [6.07, 6.45) is 0. The van der Waals surface area contributed by atoms with Gasteiger partial charge in [0.2, 0.25) is 5.91 Å². The molecule has 1 N–H and O–H groups in total. The van der Waals surface area contributed by atoms with Crippen LogP contribution in [0.5, 0.6) is 11.5 Å². The van der Waals surface area contributed by atoms with Crippen LogP contribution in [0.2, 0.25) is 0 Å². The number of hydrogen-bond donors (Lipinski definition) is 1. The first-order valence-corrected chi connectivity index (χ1v) is 13.3. The highest BCUT2D eigenvalue weighted by Crippen LogP contribution is 2.31. The zero-order valence-corrected chi connectivity index (χ0v) is 22.5. The van der Waals surface area contributed by atoms with Crippen molar-refractivity contribution >= 4 is 37.5 Å². The van der Waals surface area contributed by atoms with E-state index in [2.05, 4.69) is 21.2 Å². The van der Waals surface area contributed by atoms with Crippen molar-refractivity contribution in [1.82, 2.24) is 5.32 Å². The highest BCUT2D eigenvalue weighted by molar-refractivity contribution is 9.10. The SMILES string of the molecule is CCOc1ccc(N(CC(=O)N[C@@H](C)c2cccc(Br)c2)S(=O)(=O)c2cc(C)ccc2OC)cc1. The fourth-order valence-corrected chi connectivity index (χ4v) is 5.65. The molecule has 7 nitrogen and oxygen atoms in total. The van der Waals surface area contributed by atoms with Crippen molar-refractivity contribution in [3.05, 3.63) is 82.3 Å². The van der Waals surface area contributed by atoms with E-state index in [1.54, 1.807) is 43.3 Å². The lowest BCUT2D eigenvalue weighted by atomic mass is 10.1. The molecule has 0 spiro atoms. The van der Waals surface area contributed by atoms with Crippen molar-refractivity contribution < 1.29 is 22.7 Å². The van der Waals surface area contributed by atoms with Crippen LogP contribution < -0.4 is 19.1 Å². The summed E-state index contributed by atoms with van der Waals surface area (Å²) in [5.41, 5.74) is 1.98. The number of benzene rings is 3. The molecule has 0 aliphatic carbocycles. The molecule has 0 aliphatic heterocycles. The van der Waals surface area contributed by atoms with Gasteiger partial charge >= 0.3 is 0 Å². The average molecular weight is 561 g/mol. The smallest absolute Gasteiger partial charge is 0.268 e. The predicted molar refractivity (Wildman–Crippen MR) is 141 cm³/mol. The van der Waals surface area contributed by atoms with Crippen molar-refractivity contribution in [3.63, 3.8) is 0 Å². The molecule has 186 valence electrons. The van der Waals surface area contributed by atoms with Crippen LogP contribution >= 0.6 is 15.9 Å². The highest BCUT2D eigenvalue weighted by Gasteiger charge is 2.30. The molecule has 1 amide bonds. The van der Waals surface area contributed by atoms with Crippen LogP contribution in [0, 0.1) is 6.92 Å². The zero-order valence-electron chi connectivity index (χ0n) is 20.1.